The highest BCUT2D eigenvalue weighted by Crippen LogP contribution is 2.37. The minimum atomic E-state index is -0.111. The van der Waals surface area contributed by atoms with Gasteiger partial charge in [0.25, 0.3) is 0 Å². The molecule has 198 valence electrons. The zero-order valence-electron chi connectivity index (χ0n) is 22.0. The Morgan fingerprint density at radius 2 is 1.32 bits per heavy atom. The first kappa shape index (κ1) is 29.9. The number of aromatic nitrogens is 4. The van der Waals surface area contributed by atoms with Crippen LogP contribution in [0.25, 0.3) is 22.5 Å². The van der Waals surface area contributed by atoms with Gasteiger partial charge in [0.2, 0.25) is 5.91 Å². The predicted molar refractivity (Wildman–Crippen MR) is 156 cm³/mol. The van der Waals surface area contributed by atoms with Crippen molar-refractivity contribution in [2.24, 2.45) is 14.1 Å². The molecule has 0 spiro atoms. The number of aryl methyl sites for hydroxylation is 2. The summed E-state index contributed by atoms with van der Waals surface area (Å²) in [5.41, 5.74) is 10.8. The zero-order chi connectivity index (χ0) is 27.7. The number of anilines is 2. The Kier molecular flexibility index (Phi) is 11.2. The van der Waals surface area contributed by atoms with Gasteiger partial charge in [-0.2, -0.15) is 10.2 Å². The topological polar surface area (TPSA) is 109 Å². The number of benzene rings is 2. The molecule has 9 nitrogen and oxygen atoms in total. The second-order valence-electron chi connectivity index (χ2n) is 7.49. The predicted octanol–water partition coefficient (Wildman–Crippen LogP) is 6.28. The molecule has 0 fully saturated rings. The molecular weight excluding hydrogens is 604 g/mol. The highest BCUT2D eigenvalue weighted by molar-refractivity contribution is 9.11. The van der Waals surface area contributed by atoms with Gasteiger partial charge in [0.05, 0.1) is 46.9 Å². The van der Waals surface area contributed by atoms with E-state index in [1.54, 1.807) is 42.0 Å². The molecule has 4 aromatic rings. The molecule has 2 aromatic carbocycles. The lowest BCUT2D eigenvalue weighted by molar-refractivity contribution is -0.114. The summed E-state index contributed by atoms with van der Waals surface area (Å²) < 4.78 is 16.0. The first-order valence-electron chi connectivity index (χ1n) is 11.4. The van der Waals surface area contributed by atoms with Crippen molar-refractivity contribution in [2.75, 3.05) is 25.3 Å². The van der Waals surface area contributed by atoms with E-state index in [4.69, 9.17) is 15.2 Å². The maximum Gasteiger partial charge on any atom is 0.221 e. The van der Waals surface area contributed by atoms with Gasteiger partial charge in [-0.3, -0.25) is 14.2 Å². The molecule has 0 atom stereocenters. The van der Waals surface area contributed by atoms with E-state index in [0.717, 1.165) is 48.6 Å². The van der Waals surface area contributed by atoms with E-state index in [9.17, 15) is 4.79 Å². The number of nitrogen functional groups attached to an aromatic ring is 1. The number of nitrogens with two attached hydrogens (primary N) is 1. The van der Waals surface area contributed by atoms with Crippen molar-refractivity contribution >= 4 is 49.1 Å². The Labute approximate surface area is 234 Å². The Bertz CT molecular complexity index is 1310. The molecule has 0 saturated heterocycles. The Hall–Kier alpha value is -3.31. The van der Waals surface area contributed by atoms with E-state index in [2.05, 4.69) is 47.4 Å². The smallest absolute Gasteiger partial charge is 0.221 e. The van der Waals surface area contributed by atoms with Crippen molar-refractivity contribution < 1.29 is 14.3 Å². The standard InChI is InChI=1S/C13H14BrN3O2.C11H12BrN3O.C2H6/c1-8(18)16-9-4-5-12(19-3)10(6-9)13-11(14)7-15-17(13)2;1-15-11(9(12)6-14-15)8-5-7(13)3-4-10(8)16-2;1-2/h4-7H,1-3H3,(H,16,18);3-6H,13H2,1-2H3;1-2H3. The van der Waals surface area contributed by atoms with E-state index in [1.165, 1.54) is 6.92 Å². The minimum Gasteiger partial charge on any atom is -0.496 e. The molecule has 0 aliphatic heterocycles. The van der Waals surface area contributed by atoms with Crippen LogP contribution in [-0.4, -0.2) is 39.7 Å². The van der Waals surface area contributed by atoms with Gasteiger partial charge >= 0.3 is 0 Å². The number of nitrogens with one attached hydrogen (secondary N) is 1. The average Bonchev–Trinajstić information content (AvgIpc) is 3.39. The largest absolute Gasteiger partial charge is 0.496 e. The van der Waals surface area contributed by atoms with Crippen LogP contribution in [0.5, 0.6) is 11.5 Å². The lowest BCUT2D eigenvalue weighted by Gasteiger charge is -2.12. The number of halogens is 2. The number of methoxy groups -OCH3 is 2. The molecular formula is C26H32Br2N6O3. The monoisotopic (exact) mass is 634 g/mol. The number of nitrogens with zero attached hydrogens (tertiary/aromatic N) is 4. The van der Waals surface area contributed by atoms with Crippen molar-refractivity contribution in [3.05, 3.63) is 57.7 Å². The van der Waals surface area contributed by atoms with Crippen LogP contribution in [0.15, 0.2) is 57.7 Å². The molecule has 4 rings (SSSR count). The molecule has 2 aromatic heterocycles. The molecule has 2 heterocycles. The number of carbonyl (C=O) groups excluding carboxylic acids is 1. The first-order chi connectivity index (χ1) is 17.7. The molecule has 0 aliphatic carbocycles. The van der Waals surface area contributed by atoms with Crippen LogP contribution < -0.4 is 20.5 Å². The summed E-state index contributed by atoms with van der Waals surface area (Å²) in [5, 5.41) is 11.1. The molecule has 37 heavy (non-hydrogen) atoms. The van der Waals surface area contributed by atoms with Crippen LogP contribution >= 0.6 is 31.9 Å². The lowest BCUT2D eigenvalue weighted by atomic mass is 10.1. The molecule has 0 radical (unpaired) electrons. The second-order valence-corrected chi connectivity index (χ2v) is 9.19. The van der Waals surface area contributed by atoms with E-state index in [0.29, 0.717) is 5.69 Å². The van der Waals surface area contributed by atoms with Crippen LogP contribution in [0, 0.1) is 0 Å². The molecule has 11 heteroatoms. The lowest BCUT2D eigenvalue weighted by Crippen LogP contribution is -2.06. The van der Waals surface area contributed by atoms with Crippen molar-refractivity contribution in [1.82, 2.24) is 19.6 Å². The molecule has 0 unspecified atom stereocenters. The van der Waals surface area contributed by atoms with E-state index in [1.807, 2.05) is 58.3 Å². The van der Waals surface area contributed by atoms with Gasteiger partial charge in [0, 0.05) is 43.5 Å². The fraction of sp³-hybridized carbons (Fsp3) is 0.269. The van der Waals surface area contributed by atoms with E-state index in [-0.39, 0.29) is 5.91 Å². The van der Waals surface area contributed by atoms with Crippen LogP contribution in [0.1, 0.15) is 20.8 Å². The quantitative estimate of drug-likeness (QED) is 0.250. The van der Waals surface area contributed by atoms with Crippen molar-refractivity contribution in [2.45, 2.75) is 20.8 Å². The molecule has 1 amide bonds. The second kappa shape index (κ2) is 13.8. The number of carbonyl (C=O) groups is 1. The first-order valence-corrected chi connectivity index (χ1v) is 13.0. The minimum absolute atomic E-state index is 0.111. The Morgan fingerprint density at radius 3 is 1.73 bits per heavy atom. The fourth-order valence-corrected chi connectivity index (χ4v) is 4.64. The third kappa shape index (κ3) is 7.36. The molecule has 3 N–H and O–H groups in total. The Balaban J connectivity index is 0.000000247. The van der Waals surface area contributed by atoms with Gasteiger partial charge < -0.3 is 20.5 Å². The summed E-state index contributed by atoms with van der Waals surface area (Å²) >= 11 is 6.93. The van der Waals surface area contributed by atoms with Gasteiger partial charge in [-0.05, 0) is 68.3 Å². The molecule has 0 bridgehead atoms. The van der Waals surface area contributed by atoms with Gasteiger partial charge in [-0.15, -0.1) is 0 Å². The van der Waals surface area contributed by atoms with Crippen LogP contribution in [-0.2, 0) is 18.9 Å². The molecule has 0 aliphatic rings. The van der Waals surface area contributed by atoms with E-state index < -0.39 is 0 Å². The van der Waals surface area contributed by atoms with E-state index >= 15 is 0 Å². The maximum atomic E-state index is 11.1. The highest BCUT2D eigenvalue weighted by Gasteiger charge is 2.15. The van der Waals surface area contributed by atoms with Crippen molar-refractivity contribution in [3.8, 4) is 34.0 Å². The third-order valence-corrected chi connectivity index (χ3v) is 6.20. The fourth-order valence-electron chi connectivity index (χ4n) is 3.51. The number of ether oxygens (including phenoxy) is 2. The summed E-state index contributed by atoms with van der Waals surface area (Å²) in [6.45, 7) is 5.48. The number of hydrogen-bond acceptors (Lipinski definition) is 6. The summed E-state index contributed by atoms with van der Waals surface area (Å²) in [7, 11) is 6.98. The van der Waals surface area contributed by atoms with Gasteiger partial charge in [-0.25, -0.2) is 0 Å². The SMILES string of the molecule is CC.COc1ccc(N)cc1-c1c(Br)cnn1C.COc1ccc(NC(C)=O)cc1-c1c(Br)cnn1C. The van der Waals surface area contributed by atoms with Crippen molar-refractivity contribution in [3.63, 3.8) is 0 Å². The van der Waals surface area contributed by atoms with Crippen LogP contribution in [0.4, 0.5) is 11.4 Å². The maximum absolute atomic E-state index is 11.1. The average molecular weight is 636 g/mol. The summed E-state index contributed by atoms with van der Waals surface area (Å²) in [4.78, 5) is 11.1. The Morgan fingerprint density at radius 1 is 0.865 bits per heavy atom. The normalized spacial score (nSPS) is 9.97. The number of hydrogen-bond donors (Lipinski definition) is 2. The number of rotatable bonds is 5. The van der Waals surface area contributed by atoms with Crippen LogP contribution in [0.2, 0.25) is 0 Å². The van der Waals surface area contributed by atoms with Crippen LogP contribution in [0.3, 0.4) is 0 Å². The third-order valence-electron chi connectivity index (χ3n) is 5.04. The summed E-state index contributed by atoms with van der Waals surface area (Å²) in [6.07, 6.45) is 3.47. The summed E-state index contributed by atoms with van der Waals surface area (Å²) in [5.74, 6) is 1.39. The van der Waals surface area contributed by atoms with Crippen molar-refractivity contribution in [1.29, 1.82) is 0 Å². The van der Waals surface area contributed by atoms with Gasteiger partial charge in [0.15, 0.2) is 0 Å². The van der Waals surface area contributed by atoms with Gasteiger partial charge in [-0.1, -0.05) is 13.8 Å². The molecule has 0 saturated carbocycles. The highest BCUT2D eigenvalue weighted by atomic mass is 79.9. The van der Waals surface area contributed by atoms with Gasteiger partial charge in [0.1, 0.15) is 11.5 Å². The number of amides is 1. The summed E-state index contributed by atoms with van der Waals surface area (Å²) in [6, 6.07) is 11.0. The zero-order valence-corrected chi connectivity index (χ0v) is 25.1.